The van der Waals surface area contributed by atoms with E-state index in [0.29, 0.717) is 12.1 Å². The molecule has 0 N–H and O–H groups in total. The Bertz CT molecular complexity index is 1470. The number of nitriles is 1. The summed E-state index contributed by atoms with van der Waals surface area (Å²) < 4.78 is 2.29. The Morgan fingerprint density at radius 3 is 2.53 bits per heavy atom. The van der Waals surface area contributed by atoms with Crippen LogP contribution in [0, 0.1) is 25.2 Å². The number of rotatable bonds is 3. The van der Waals surface area contributed by atoms with Gasteiger partial charge in [-0.05, 0) is 54.8 Å². The maximum atomic E-state index is 13.2. The predicted molar refractivity (Wildman–Crippen MR) is 129 cm³/mol. The number of hydrogen-bond acceptors (Lipinski definition) is 2. The average Bonchev–Trinajstić information content (AvgIpc) is 3.16. The van der Waals surface area contributed by atoms with Crippen LogP contribution >= 0.6 is 0 Å². The molecule has 1 atom stereocenters. The van der Waals surface area contributed by atoms with E-state index in [1.165, 1.54) is 0 Å². The first-order chi connectivity index (χ1) is 15.6. The van der Waals surface area contributed by atoms with Crippen molar-refractivity contribution >= 4 is 33.8 Å². The molecule has 4 aromatic rings. The minimum absolute atomic E-state index is 0.176. The Morgan fingerprint density at radius 2 is 1.81 bits per heavy atom. The zero-order valence-corrected chi connectivity index (χ0v) is 18.2. The monoisotopic (exact) mass is 417 g/mol. The third-order valence-electron chi connectivity index (χ3n) is 6.44. The van der Waals surface area contributed by atoms with Crippen LogP contribution in [-0.2, 0) is 6.54 Å². The van der Waals surface area contributed by atoms with Gasteiger partial charge in [-0.15, -0.1) is 6.58 Å². The van der Waals surface area contributed by atoms with E-state index in [2.05, 4.69) is 43.2 Å². The van der Waals surface area contributed by atoms with Gasteiger partial charge in [0.2, 0.25) is 0 Å². The number of aryl methyl sites for hydroxylation is 2. The molecule has 1 unspecified atom stereocenters. The minimum atomic E-state index is -0.688. The molecule has 1 aromatic heterocycles. The number of hydrogen-bond donors (Lipinski definition) is 0. The Labute approximate surface area is 187 Å². The SMILES string of the molecule is C=CCn1c2ccccc2c2c(C)c3c(c(C)c21)C=CN(C(=O)c1ccccc1)C3C#N. The van der Waals surface area contributed by atoms with Gasteiger partial charge in [-0.2, -0.15) is 5.26 Å². The van der Waals surface area contributed by atoms with Crippen LogP contribution in [0.1, 0.15) is 38.7 Å². The fourth-order valence-corrected chi connectivity index (χ4v) is 5.05. The van der Waals surface area contributed by atoms with E-state index >= 15 is 0 Å². The molecule has 1 aliphatic rings. The number of allylic oxidation sites excluding steroid dienone is 1. The fraction of sp³-hybridized carbons (Fsp3) is 0.143. The van der Waals surface area contributed by atoms with Crippen molar-refractivity contribution in [3.8, 4) is 6.07 Å². The Balaban J connectivity index is 1.80. The van der Waals surface area contributed by atoms with E-state index in [-0.39, 0.29) is 5.91 Å². The molecule has 0 aliphatic carbocycles. The summed E-state index contributed by atoms with van der Waals surface area (Å²) >= 11 is 0. The summed E-state index contributed by atoms with van der Waals surface area (Å²) in [6.45, 7) is 8.82. The molecule has 0 radical (unpaired) electrons. The lowest BCUT2D eigenvalue weighted by molar-refractivity contribution is 0.0794. The van der Waals surface area contributed by atoms with Gasteiger partial charge in [0.25, 0.3) is 5.91 Å². The zero-order valence-electron chi connectivity index (χ0n) is 18.2. The van der Waals surface area contributed by atoms with E-state index in [4.69, 9.17) is 0 Å². The molecule has 3 aromatic carbocycles. The molecule has 0 bridgehead atoms. The molecule has 4 heteroatoms. The summed E-state index contributed by atoms with van der Waals surface area (Å²) in [5.74, 6) is -0.176. The second-order valence-electron chi connectivity index (χ2n) is 8.14. The summed E-state index contributed by atoms with van der Waals surface area (Å²) in [5, 5.41) is 12.5. The topological polar surface area (TPSA) is 49.0 Å². The van der Waals surface area contributed by atoms with Crippen LogP contribution in [0.4, 0.5) is 0 Å². The largest absolute Gasteiger partial charge is 0.336 e. The number of para-hydroxylation sites is 1. The van der Waals surface area contributed by atoms with Gasteiger partial charge in [-0.3, -0.25) is 9.69 Å². The summed E-state index contributed by atoms with van der Waals surface area (Å²) in [6.07, 6.45) is 5.64. The number of carbonyl (C=O) groups is 1. The van der Waals surface area contributed by atoms with E-state index in [1.807, 2.05) is 42.5 Å². The van der Waals surface area contributed by atoms with Crippen LogP contribution in [0.3, 0.4) is 0 Å². The van der Waals surface area contributed by atoms with Crippen LogP contribution in [0.25, 0.3) is 27.9 Å². The van der Waals surface area contributed by atoms with Crippen LogP contribution in [-0.4, -0.2) is 15.4 Å². The van der Waals surface area contributed by atoms with Gasteiger partial charge in [0, 0.05) is 40.2 Å². The molecule has 1 aliphatic heterocycles. The number of benzene rings is 3. The molecular weight excluding hydrogens is 394 g/mol. The summed E-state index contributed by atoms with van der Waals surface area (Å²) in [6, 6.07) is 19.2. The smallest absolute Gasteiger partial charge is 0.259 e. The number of carbonyl (C=O) groups excluding carboxylic acids is 1. The lowest BCUT2D eigenvalue weighted by atomic mass is 9.86. The molecule has 0 saturated heterocycles. The first kappa shape index (κ1) is 19.8. The Kier molecular flexibility index (Phi) is 4.68. The van der Waals surface area contributed by atoms with Gasteiger partial charge in [0.15, 0.2) is 0 Å². The molecule has 1 amide bonds. The first-order valence-corrected chi connectivity index (χ1v) is 10.7. The lowest BCUT2D eigenvalue weighted by Crippen LogP contribution is -2.32. The number of aromatic nitrogens is 1. The third-order valence-corrected chi connectivity index (χ3v) is 6.44. The summed E-state index contributed by atoms with van der Waals surface area (Å²) in [4.78, 5) is 14.8. The van der Waals surface area contributed by atoms with Gasteiger partial charge in [0.05, 0.1) is 11.6 Å². The van der Waals surface area contributed by atoms with Crippen LogP contribution in [0.15, 0.2) is 73.5 Å². The molecular formula is C28H23N3O. The highest BCUT2D eigenvalue weighted by Crippen LogP contribution is 2.43. The summed E-state index contributed by atoms with van der Waals surface area (Å²) in [7, 11) is 0. The molecule has 0 saturated carbocycles. The van der Waals surface area contributed by atoms with Gasteiger partial charge >= 0.3 is 0 Å². The van der Waals surface area contributed by atoms with E-state index in [0.717, 1.165) is 44.1 Å². The van der Waals surface area contributed by atoms with Crippen molar-refractivity contribution < 1.29 is 4.79 Å². The van der Waals surface area contributed by atoms with Gasteiger partial charge in [-0.25, -0.2) is 0 Å². The highest BCUT2D eigenvalue weighted by Gasteiger charge is 2.33. The Morgan fingerprint density at radius 1 is 1.09 bits per heavy atom. The molecule has 32 heavy (non-hydrogen) atoms. The van der Waals surface area contributed by atoms with Crippen molar-refractivity contribution in [3.63, 3.8) is 0 Å². The van der Waals surface area contributed by atoms with Crippen LogP contribution < -0.4 is 0 Å². The van der Waals surface area contributed by atoms with E-state index in [9.17, 15) is 10.1 Å². The van der Waals surface area contributed by atoms with Crippen molar-refractivity contribution in [1.82, 2.24) is 9.47 Å². The van der Waals surface area contributed by atoms with Crippen molar-refractivity contribution in [1.29, 1.82) is 5.26 Å². The van der Waals surface area contributed by atoms with Crippen molar-refractivity contribution in [3.05, 3.63) is 101 Å². The quantitative estimate of drug-likeness (QED) is 0.368. The second-order valence-corrected chi connectivity index (χ2v) is 8.14. The minimum Gasteiger partial charge on any atom is -0.336 e. The van der Waals surface area contributed by atoms with Crippen molar-refractivity contribution in [2.45, 2.75) is 26.4 Å². The predicted octanol–water partition coefficient (Wildman–Crippen LogP) is 6.29. The molecule has 0 spiro atoms. The number of nitrogens with zero attached hydrogens (tertiary/aromatic N) is 3. The third kappa shape index (κ3) is 2.72. The average molecular weight is 418 g/mol. The molecule has 5 rings (SSSR count). The molecule has 156 valence electrons. The van der Waals surface area contributed by atoms with Crippen molar-refractivity contribution in [2.24, 2.45) is 0 Å². The van der Waals surface area contributed by atoms with Gasteiger partial charge in [0.1, 0.15) is 6.04 Å². The van der Waals surface area contributed by atoms with Gasteiger partial charge in [-0.1, -0.05) is 42.5 Å². The summed E-state index contributed by atoms with van der Waals surface area (Å²) in [5.41, 5.74) is 6.96. The maximum Gasteiger partial charge on any atom is 0.259 e. The zero-order chi connectivity index (χ0) is 22.4. The highest BCUT2D eigenvalue weighted by atomic mass is 16.2. The van der Waals surface area contributed by atoms with Crippen LogP contribution in [0.5, 0.6) is 0 Å². The first-order valence-electron chi connectivity index (χ1n) is 10.7. The van der Waals surface area contributed by atoms with E-state index in [1.54, 1.807) is 23.2 Å². The molecule has 4 nitrogen and oxygen atoms in total. The van der Waals surface area contributed by atoms with Crippen LogP contribution in [0.2, 0.25) is 0 Å². The number of fused-ring (bicyclic) bond motifs is 4. The lowest BCUT2D eigenvalue weighted by Gasteiger charge is -2.31. The van der Waals surface area contributed by atoms with Gasteiger partial charge < -0.3 is 4.57 Å². The maximum absolute atomic E-state index is 13.2. The second kappa shape index (κ2) is 7.55. The molecule has 2 heterocycles. The normalized spacial score (nSPS) is 15.0. The highest BCUT2D eigenvalue weighted by molar-refractivity contribution is 6.12. The standard InChI is InChI=1S/C28H23N3O/c1-4-15-30-23-13-9-8-12-22(23)26-19(3)25-21(18(2)27(26)30)14-16-31(24(25)17-29)28(32)20-10-6-5-7-11-20/h4-14,16,24H,1,15H2,2-3H3. The Hall–Kier alpha value is -4.10. The fourth-order valence-electron chi connectivity index (χ4n) is 5.05. The molecule has 0 fully saturated rings. The number of amides is 1. The van der Waals surface area contributed by atoms with E-state index < -0.39 is 6.04 Å². The van der Waals surface area contributed by atoms with Crippen molar-refractivity contribution in [2.75, 3.05) is 0 Å².